The molecule has 0 bridgehead atoms. The van der Waals surface area contributed by atoms with Gasteiger partial charge in [0, 0.05) is 26.2 Å². The lowest BCUT2D eigenvalue weighted by atomic mass is 10.1. The van der Waals surface area contributed by atoms with Crippen LogP contribution in [0.15, 0.2) is 109 Å². The van der Waals surface area contributed by atoms with E-state index in [0.29, 0.717) is 41.4 Å². The number of hydrogen-bond acceptors (Lipinski definition) is 3. The third-order valence-corrected chi connectivity index (χ3v) is 7.08. The van der Waals surface area contributed by atoms with Gasteiger partial charge in [-0.25, -0.2) is 0 Å². The van der Waals surface area contributed by atoms with Crippen molar-refractivity contribution in [3.05, 3.63) is 137 Å². The molecule has 0 amide bonds. The summed E-state index contributed by atoms with van der Waals surface area (Å²) in [4.78, 5) is 4.16. The largest absolute Gasteiger partial charge is 0.489 e. The minimum Gasteiger partial charge on any atom is -0.489 e. The molecular formula is C31H30N2OS4. The van der Waals surface area contributed by atoms with Gasteiger partial charge in [-0.3, -0.25) is 0 Å². The van der Waals surface area contributed by atoms with Gasteiger partial charge in [-0.15, -0.1) is 25.3 Å². The van der Waals surface area contributed by atoms with Crippen LogP contribution in [0.1, 0.15) is 27.8 Å². The van der Waals surface area contributed by atoms with Crippen molar-refractivity contribution in [1.29, 1.82) is 0 Å². The minimum absolute atomic E-state index is 0.487. The lowest BCUT2D eigenvalue weighted by molar-refractivity contribution is 0.304. The first-order valence-corrected chi connectivity index (χ1v) is 14.0. The van der Waals surface area contributed by atoms with Crippen LogP contribution in [0.2, 0.25) is 0 Å². The van der Waals surface area contributed by atoms with E-state index in [4.69, 9.17) is 29.2 Å². The lowest BCUT2D eigenvalue weighted by Crippen LogP contribution is -2.26. The number of thiol groups is 2. The fourth-order valence-electron chi connectivity index (χ4n) is 4.17. The van der Waals surface area contributed by atoms with Crippen LogP contribution in [0, 0.1) is 0 Å². The maximum atomic E-state index is 6.25. The van der Waals surface area contributed by atoms with Crippen LogP contribution in [-0.2, 0) is 32.8 Å². The molecule has 0 radical (unpaired) electrons. The van der Waals surface area contributed by atoms with Crippen molar-refractivity contribution in [3.63, 3.8) is 0 Å². The van der Waals surface area contributed by atoms with Crippen molar-refractivity contribution < 1.29 is 4.74 Å². The summed E-state index contributed by atoms with van der Waals surface area (Å²) in [7, 11) is 0. The molecule has 0 aliphatic carbocycles. The Kier molecular flexibility index (Phi) is 10.6. The van der Waals surface area contributed by atoms with E-state index in [0.717, 1.165) is 22.4 Å². The van der Waals surface area contributed by atoms with Crippen LogP contribution in [-0.4, -0.2) is 18.4 Å². The average molecular weight is 575 g/mol. The van der Waals surface area contributed by atoms with Gasteiger partial charge in [-0.1, -0.05) is 121 Å². The van der Waals surface area contributed by atoms with Crippen molar-refractivity contribution >= 4 is 58.3 Å². The normalized spacial score (nSPS) is 10.6. The molecule has 194 valence electrons. The average Bonchev–Trinajstić information content (AvgIpc) is 2.93. The highest BCUT2D eigenvalue weighted by atomic mass is 32.1. The van der Waals surface area contributed by atoms with Crippen molar-refractivity contribution in [1.82, 2.24) is 9.80 Å². The second-order valence-corrected chi connectivity index (χ2v) is 11.2. The molecule has 0 unspecified atom stereocenters. The Balaban J connectivity index is 1.59. The quantitative estimate of drug-likeness (QED) is 0.141. The van der Waals surface area contributed by atoms with Crippen molar-refractivity contribution in [2.24, 2.45) is 0 Å². The highest BCUT2D eigenvalue weighted by Gasteiger charge is 2.14. The Morgan fingerprint density at radius 3 is 1.29 bits per heavy atom. The molecule has 4 rings (SSSR count). The molecule has 0 saturated heterocycles. The van der Waals surface area contributed by atoms with Crippen LogP contribution in [0.4, 0.5) is 0 Å². The highest BCUT2D eigenvalue weighted by molar-refractivity contribution is 8.11. The second kappa shape index (κ2) is 14.4. The topological polar surface area (TPSA) is 15.7 Å². The predicted octanol–water partition coefficient (Wildman–Crippen LogP) is 7.70. The third-order valence-electron chi connectivity index (χ3n) is 5.99. The van der Waals surface area contributed by atoms with Crippen LogP contribution in [0.3, 0.4) is 0 Å². The summed E-state index contributed by atoms with van der Waals surface area (Å²) in [5, 5.41) is 0. The van der Waals surface area contributed by atoms with Crippen LogP contribution >= 0.6 is 49.7 Å². The van der Waals surface area contributed by atoms with E-state index in [2.05, 4.69) is 89.7 Å². The van der Waals surface area contributed by atoms with Gasteiger partial charge in [0.05, 0.1) is 0 Å². The molecule has 0 saturated carbocycles. The molecule has 3 nitrogen and oxygen atoms in total. The Morgan fingerprint density at radius 1 is 0.526 bits per heavy atom. The maximum Gasteiger partial charge on any atom is 0.133 e. The van der Waals surface area contributed by atoms with E-state index in [1.807, 2.05) is 54.6 Å². The summed E-state index contributed by atoms with van der Waals surface area (Å²) >= 11 is 20.0. The summed E-state index contributed by atoms with van der Waals surface area (Å²) in [6.07, 6.45) is 0. The smallest absolute Gasteiger partial charge is 0.133 e. The lowest BCUT2D eigenvalue weighted by Gasteiger charge is -2.26. The first kappa shape index (κ1) is 28.2. The van der Waals surface area contributed by atoms with Gasteiger partial charge in [-0.05, 0) is 39.9 Å². The Labute approximate surface area is 247 Å². The standard InChI is InChI=1S/C31H30N2OS4/c35-30(36)32(19-24-10-4-1-5-11-24)21-27-16-28(18-29(17-27)34-23-26-14-8-3-9-15-26)22-33(31(37)38)20-25-12-6-2-7-13-25/h1-18H,19-23H2,(H,35,36)(H,37,38). The monoisotopic (exact) mass is 574 g/mol. The van der Waals surface area contributed by atoms with Crippen molar-refractivity contribution in [2.75, 3.05) is 0 Å². The third kappa shape index (κ3) is 8.88. The van der Waals surface area contributed by atoms with Gasteiger partial charge in [-0.2, -0.15) is 0 Å². The van der Waals surface area contributed by atoms with Crippen LogP contribution in [0.25, 0.3) is 0 Å². The molecule has 4 aromatic rings. The van der Waals surface area contributed by atoms with E-state index >= 15 is 0 Å². The zero-order valence-electron chi connectivity index (χ0n) is 20.9. The Morgan fingerprint density at radius 2 is 0.895 bits per heavy atom. The number of benzene rings is 4. The molecule has 0 aliphatic rings. The van der Waals surface area contributed by atoms with Gasteiger partial charge in [0.15, 0.2) is 0 Å². The van der Waals surface area contributed by atoms with Crippen LogP contribution in [0.5, 0.6) is 5.75 Å². The molecule has 38 heavy (non-hydrogen) atoms. The Bertz CT molecular complexity index is 1250. The first-order chi connectivity index (χ1) is 18.5. The molecular weight excluding hydrogens is 545 g/mol. The van der Waals surface area contributed by atoms with E-state index in [1.54, 1.807) is 0 Å². The second-order valence-electron chi connectivity index (χ2n) is 9.01. The number of rotatable bonds is 11. The Hall–Kier alpha value is -2.84. The molecule has 0 heterocycles. The van der Waals surface area contributed by atoms with E-state index in [1.165, 1.54) is 11.1 Å². The highest BCUT2D eigenvalue weighted by Crippen LogP contribution is 2.24. The number of ether oxygens (including phenoxy) is 1. The summed E-state index contributed by atoms with van der Waals surface area (Å²) < 4.78 is 7.35. The van der Waals surface area contributed by atoms with Gasteiger partial charge >= 0.3 is 0 Å². The molecule has 7 heteroatoms. The molecule has 0 aliphatic heterocycles. The van der Waals surface area contributed by atoms with Crippen molar-refractivity contribution in [2.45, 2.75) is 32.8 Å². The molecule has 0 N–H and O–H groups in total. The maximum absolute atomic E-state index is 6.25. The first-order valence-electron chi connectivity index (χ1n) is 12.3. The van der Waals surface area contributed by atoms with Crippen LogP contribution < -0.4 is 4.74 Å². The fraction of sp³-hybridized carbons (Fsp3) is 0.161. The van der Waals surface area contributed by atoms with Gasteiger partial charge < -0.3 is 14.5 Å². The molecule has 4 aromatic carbocycles. The summed E-state index contributed by atoms with van der Waals surface area (Å²) in [6, 6.07) is 37.1. The fourth-order valence-corrected chi connectivity index (χ4v) is 4.71. The molecule has 0 fully saturated rings. The SMILES string of the molecule is S=C(S)N(Cc1ccccc1)Cc1cc(CN(Cc2ccccc2)C(=S)S)cc(OCc2ccccc2)c1. The van der Waals surface area contributed by atoms with E-state index < -0.39 is 0 Å². The van der Waals surface area contributed by atoms with E-state index in [9.17, 15) is 0 Å². The van der Waals surface area contributed by atoms with Gasteiger partial charge in [0.1, 0.15) is 21.0 Å². The number of hydrogen-bond donors (Lipinski definition) is 2. The summed E-state index contributed by atoms with van der Waals surface area (Å²) in [5.41, 5.74) is 5.64. The summed E-state index contributed by atoms with van der Waals surface area (Å²) in [5.74, 6) is 0.802. The van der Waals surface area contributed by atoms with E-state index in [-0.39, 0.29) is 0 Å². The minimum atomic E-state index is 0.487. The summed E-state index contributed by atoms with van der Waals surface area (Å²) in [6.45, 7) is 3.05. The van der Waals surface area contributed by atoms with Gasteiger partial charge in [0.25, 0.3) is 0 Å². The van der Waals surface area contributed by atoms with Crippen molar-refractivity contribution in [3.8, 4) is 5.75 Å². The molecule has 0 spiro atoms. The molecule has 0 aromatic heterocycles. The zero-order chi connectivity index (χ0) is 26.7. The van der Waals surface area contributed by atoms with Gasteiger partial charge in [0.2, 0.25) is 0 Å². The molecule has 0 atom stereocenters. The number of nitrogens with zero attached hydrogens (tertiary/aromatic N) is 2. The zero-order valence-corrected chi connectivity index (χ0v) is 24.4. The predicted molar refractivity (Wildman–Crippen MR) is 172 cm³/mol. The number of thiocarbonyl (C=S) groups is 2.